The maximum absolute atomic E-state index is 12.6. The Kier molecular flexibility index (Phi) is 7.73. The lowest BCUT2D eigenvalue weighted by molar-refractivity contribution is -0.274. The van der Waals surface area contributed by atoms with Gasteiger partial charge in [-0.15, -0.1) is 13.2 Å². The number of halogens is 5. The van der Waals surface area contributed by atoms with Gasteiger partial charge >= 0.3 is 6.36 Å². The van der Waals surface area contributed by atoms with E-state index in [-0.39, 0.29) is 17.4 Å². The summed E-state index contributed by atoms with van der Waals surface area (Å²) in [6.45, 7) is 0. The Morgan fingerprint density at radius 1 is 1.03 bits per heavy atom. The fourth-order valence-corrected chi connectivity index (χ4v) is 4.35. The third-order valence-corrected chi connectivity index (χ3v) is 6.39. The highest BCUT2D eigenvalue weighted by Gasteiger charge is 2.31. The second-order valence-corrected chi connectivity index (χ2v) is 9.45. The van der Waals surface area contributed by atoms with Crippen LogP contribution in [-0.2, 0) is 4.79 Å². The summed E-state index contributed by atoms with van der Waals surface area (Å²) in [5, 5.41) is 3.85. The van der Waals surface area contributed by atoms with Gasteiger partial charge in [-0.25, -0.2) is 4.98 Å². The van der Waals surface area contributed by atoms with Crippen LogP contribution in [0.4, 0.5) is 18.9 Å². The van der Waals surface area contributed by atoms with Gasteiger partial charge in [0.1, 0.15) is 5.75 Å². The summed E-state index contributed by atoms with van der Waals surface area (Å²) < 4.78 is 44.3. The average Bonchev–Trinajstić information content (AvgIpc) is 3.23. The van der Waals surface area contributed by atoms with Crippen molar-refractivity contribution in [3.63, 3.8) is 0 Å². The van der Waals surface area contributed by atoms with Gasteiger partial charge in [0, 0.05) is 26.4 Å². The summed E-state index contributed by atoms with van der Waals surface area (Å²) in [4.78, 5) is 16.9. The van der Waals surface area contributed by atoms with Gasteiger partial charge in [0.15, 0.2) is 5.16 Å². The van der Waals surface area contributed by atoms with Crippen molar-refractivity contribution in [2.24, 2.45) is 0 Å². The van der Waals surface area contributed by atoms with Crippen molar-refractivity contribution in [2.75, 3.05) is 11.1 Å². The van der Waals surface area contributed by atoms with Crippen LogP contribution >= 0.6 is 39.3 Å². The summed E-state index contributed by atoms with van der Waals surface area (Å²) >= 11 is 10.5. The van der Waals surface area contributed by atoms with Crippen LogP contribution in [-0.4, -0.2) is 27.6 Å². The number of hydrogen-bond donors (Lipinski definition) is 1. The van der Waals surface area contributed by atoms with Gasteiger partial charge in [0.25, 0.3) is 0 Å². The Morgan fingerprint density at radius 3 is 2.31 bits per heavy atom. The van der Waals surface area contributed by atoms with Crippen molar-refractivity contribution >= 4 is 50.9 Å². The minimum Gasteiger partial charge on any atom is -0.406 e. The predicted molar refractivity (Wildman–Crippen MR) is 134 cm³/mol. The van der Waals surface area contributed by atoms with Crippen molar-refractivity contribution in [3.8, 4) is 22.7 Å². The van der Waals surface area contributed by atoms with Crippen LogP contribution < -0.4 is 10.1 Å². The standard InChI is InChI=1S/C24H16BrClF3N3O2S/c25-16-3-1-15(2-4-16)21-13-30-23(35-14-22(33)31-18-7-5-17(26)6-8-18)32(21)19-9-11-20(12-10-19)34-24(27,28)29/h1-13H,14H2,(H,31,33). The number of carbonyl (C=O) groups is 1. The van der Waals surface area contributed by atoms with Crippen molar-refractivity contribution in [1.29, 1.82) is 0 Å². The molecule has 0 unspecified atom stereocenters. The number of hydrogen-bond acceptors (Lipinski definition) is 4. The number of ether oxygens (including phenoxy) is 1. The molecule has 0 saturated heterocycles. The van der Waals surface area contributed by atoms with E-state index >= 15 is 0 Å². The SMILES string of the molecule is O=C(CSc1ncc(-c2ccc(Br)cc2)n1-c1ccc(OC(F)(F)F)cc1)Nc1ccc(Cl)cc1. The normalized spacial score (nSPS) is 11.3. The van der Waals surface area contributed by atoms with Crippen molar-refractivity contribution in [1.82, 2.24) is 9.55 Å². The van der Waals surface area contributed by atoms with Gasteiger partial charge in [-0.2, -0.15) is 0 Å². The summed E-state index contributed by atoms with van der Waals surface area (Å²) in [7, 11) is 0. The first-order valence-electron chi connectivity index (χ1n) is 10.1. The molecule has 4 rings (SSSR count). The zero-order chi connectivity index (χ0) is 25.0. The van der Waals surface area contributed by atoms with Crippen molar-refractivity contribution < 1.29 is 22.7 Å². The molecule has 1 amide bonds. The van der Waals surface area contributed by atoms with Crippen LogP contribution in [0.3, 0.4) is 0 Å². The van der Waals surface area contributed by atoms with E-state index in [0.29, 0.717) is 27.2 Å². The Morgan fingerprint density at radius 2 is 1.69 bits per heavy atom. The Bertz CT molecular complexity index is 1310. The quantitative estimate of drug-likeness (QED) is 0.228. The van der Waals surface area contributed by atoms with Gasteiger partial charge in [-0.05, 0) is 60.7 Å². The Labute approximate surface area is 216 Å². The van der Waals surface area contributed by atoms with Crippen LogP contribution in [0.25, 0.3) is 16.9 Å². The first kappa shape index (κ1) is 25.2. The third kappa shape index (κ3) is 6.81. The van der Waals surface area contributed by atoms with Crippen LogP contribution in [0, 0.1) is 0 Å². The number of thioether (sulfide) groups is 1. The van der Waals surface area contributed by atoms with Gasteiger partial charge in [0.2, 0.25) is 5.91 Å². The second-order valence-electron chi connectivity index (χ2n) is 7.15. The lowest BCUT2D eigenvalue weighted by Gasteiger charge is -2.14. The molecule has 0 saturated carbocycles. The summed E-state index contributed by atoms with van der Waals surface area (Å²) in [6, 6.07) is 19.7. The van der Waals surface area contributed by atoms with Gasteiger partial charge < -0.3 is 10.1 Å². The van der Waals surface area contributed by atoms with E-state index in [1.54, 1.807) is 35.0 Å². The number of alkyl halides is 3. The number of aromatic nitrogens is 2. The first-order chi connectivity index (χ1) is 16.7. The lowest BCUT2D eigenvalue weighted by Crippen LogP contribution is -2.17. The number of carbonyl (C=O) groups excluding carboxylic acids is 1. The molecular weight excluding hydrogens is 567 g/mol. The minimum atomic E-state index is -4.78. The summed E-state index contributed by atoms with van der Waals surface area (Å²) in [6.07, 6.45) is -3.12. The molecule has 11 heteroatoms. The highest BCUT2D eigenvalue weighted by atomic mass is 79.9. The van der Waals surface area contributed by atoms with E-state index in [9.17, 15) is 18.0 Å². The van der Waals surface area contributed by atoms with Gasteiger partial charge in [-0.1, -0.05) is 51.4 Å². The second kappa shape index (κ2) is 10.8. The molecule has 0 aliphatic rings. The molecule has 5 nitrogen and oxygen atoms in total. The van der Waals surface area contributed by atoms with E-state index in [1.165, 1.54) is 36.0 Å². The number of nitrogens with zero attached hydrogens (tertiary/aromatic N) is 2. The van der Waals surface area contributed by atoms with E-state index in [0.717, 1.165) is 10.0 Å². The highest BCUT2D eigenvalue weighted by Crippen LogP contribution is 2.32. The topological polar surface area (TPSA) is 56.2 Å². The van der Waals surface area contributed by atoms with E-state index in [1.807, 2.05) is 24.3 Å². The largest absolute Gasteiger partial charge is 0.573 e. The zero-order valence-electron chi connectivity index (χ0n) is 17.7. The predicted octanol–water partition coefficient (Wildman–Crippen LogP) is 7.58. The minimum absolute atomic E-state index is 0.0642. The van der Waals surface area contributed by atoms with E-state index in [4.69, 9.17) is 11.6 Å². The van der Waals surface area contributed by atoms with E-state index in [2.05, 4.69) is 31.0 Å². The van der Waals surface area contributed by atoms with Crippen molar-refractivity contribution in [3.05, 3.63) is 88.5 Å². The summed E-state index contributed by atoms with van der Waals surface area (Å²) in [5.74, 6) is -0.511. The molecule has 1 N–H and O–H groups in total. The smallest absolute Gasteiger partial charge is 0.406 e. The van der Waals surface area contributed by atoms with Crippen molar-refractivity contribution in [2.45, 2.75) is 11.5 Å². The molecule has 1 heterocycles. The first-order valence-corrected chi connectivity index (χ1v) is 12.2. The number of anilines is 1. The van der Waals surface area contributed by atoms with Crippen LogP contribution in [0.15, 0.2) is 88.6 Å². The third-order valence-electron chi connectivity index (χ3n) is 4.66. The Hall–Kier alpha value is -2.95. The van der Waals surface area contributed by atoms with E-state index < -0.39 is 6.36 Å². The molecule has 180 valence electrons. The molecule has 4 aromatic rings. The molecule has 0 spiro atoms. The number of imidazole rings is 1. The summed E-state index contributed by atoms with van der Waals surface area (Å²) in [5.41, 5.74) is 2.73. The highest BCUT2D eigenvalue weighted by molar-refractivity contribution is 9.10. The maximum Gasteiger partial charge on any atom is 0.573 e. The average molecular weight is 583 g/mol. The molecule has 0 radical (unpaired) electrons. The van der Waals surface area contributed by atoms with Crippen LogP contribution in [0.2, 0.25) is 5.02 Å². The van der Waals surface area contributed by atoms with Gasteiger partial charge in [0.05, 0.1) is 17.6 Å². The fraction of sp³-hybridized carbons (Fsp3) is 0.0833. The molecule has 0 aliphatic heterocycles. The maximum atomic E-state index is 12.6. The number of amides is 1. The monoisotopic (exact) mass is 581 g/mol. The number of benzene rings is 3. The molecule has 1 aromatic heterocycles. The number of rotatable bonds is 7. The molecule has 0 bridgehead atoms. The number of nitrogens with one attached hydrogen (secondary N) is 1. The van der Waals surface area contributed by atoms with Crippen LogP contribution in [0.5, 0.6) is 5.75 Å². The lowest BCUT2D eigenvalue weighted by atomic mass is 10.1. The molecular formula is C24H16BrClF3N3O2S. The van der Waals surface area contributed by atoms with Crippen LogP contribution in [0.1, 0.15) is 0 Å². The molecule has 35 heavy (non-hydrogen) atoms. The van der Waals surface area contributed by atoms with Gasteiger partial charge in [-0.3, -0.25) is 9.36 Å². The Balaban J connectivity index is 1.60. The molecule has 0 fully saturated rings. The molecule has 0 aliphatic carbocycles. The molecule has 0 atom stereocenters. The fourth-order valence-electron chi connectivity index (χ4n) is 3.17. The molecule has 3 aromatic carbocycles. The zero-order valence-corrected chi connectivity index (χ0v) is 20.9.